The first-order chi connectivity index (χ1) is 13.1. The number of nitrogens with zero attached hydrogens (tertiary/aromatic N) is 4. The van der Waals surface area contributed by atoms with Crippen LogP contribution in [0.1, 0.15) is 18.9 Å². The Hall–Kier alpha value is -2.54. The first kappa shape index (κ1) is 22.5. The summed E-state index contributed by atoms with van der Waals surface area (Å²) in [5.41, 5.74) is 9.50. The van der Waals surface area contributed by atoms with Crippen LogP contribution in [0.4, 0.5) is 17.2 Å². The molecule has 7 heteroatoms. The van der Waals surface area contributed by atoms with E-state index < -0.39 is 0 Å². The second kappa shape index (κ2) is 12.8. The van der Waals surface area contributed by atoms with Crippen molar-refractivity contribution in [3.05, 3.63) is 60.3 Å². The van der Waals surface area contributed by atoms with Gasteiger partial charge in [-0.3, -0.25) is 0 Å². The van der Waals surface area contributed by atoms with E-state index in [1.54, 1.807) is 10.9 Å². The number of rotatable bonds is 8. The third-order valence-corrected chi connectivity index (χ3v) is 3.46. The Labute approximate surface area is 169 Å². The van der Waals surface area contributed by atoms with Crippen molar-refractivity contribution in [3.8, 4) is 0 Å². The van der Waals surface area contributed by atoms with E-state index in [4.69, 9.17) is 5.73 Å². The maximum Gasteiger partial charge on any atom is 0.161 e. The molecule has 0 saturated carbocycles. The Bertz CT molecular complexity index is 787. The summed E-state index contributed by atoms with van der Waals surface area (Å²) in [5.74, 6) is 2.28. The van der Waals surface area contributed by atoms with Crippen molar-refractivity contribution in [2.24, 2.45) is 10.2 Å². The molecular formula is C20H28BrN6+. The van der Waals surface area contributed by atoms with Gasteiger partial charge in [0.15, 0.2) is 6.21 Å². The zero-order valence-corrected chi connectivity index (χ0v) is 17.8. The number of azo groups is 1. The quantitative estimate of drug-likeness (QED) is 0.287. The Morgan fingerprint density at radius 3 is 2.67 bits per heavy atom. The maximum atomic E-state index is 6.10. The topological polar surface area (TPSA) is 82.5 Å². The van der Waals surface area contributed by atoms with E-state index in [2.05, 4.69) is 49.8 Å². The molecule has 0 bridgehead atoms. The van der Waals surface area contributed by atoms with Crippen molar-refractivity contribution in [3.63, 3.8) is 0 Å². The number of nitrogen functional groups attached to an aromatic ring is 1. The highest BCUT2D eigenvalue weighted by Crippen LogP contribution is 2.24. The number of benzene rings is 1. The van der Waals surface area contributed by atoms with Crippen molar-refractivity contribution >= 4 is 39.3 Å². The number of anilines is 1. The highest BCUT2D eigenvalue weighted by molar-refractivity contribution is 9.08. The summed E-state index contributed by atoms with van der Waals surface area (Å²) in [5, 5.41) is 12.6. The SMILES string of the molecule is C=C(/C=C\C=[NH+]CCC)Cn1ncc(N=Nc2ccc(C)cc2)c1N.CBr. The molecule has 0 radical (unpaired) electrons. The monoisotopic (exact) mass is 431 g/mol. The van der Waals surface area contributed by atoms with Crippen molar-refractivity contribution in [1.82, 2.24) is 9.78 Å². The van der Waals surface area contributed by atoms with Gasteiger partial charge in [-0.05, 0) is 30.5 Å². The van der Waals surface area contributed by atoms with Crippen molar-refractivity contribution in [1.29, 1.82) is 0 Å². The lowest BCUT2D eigenvalue weighted by Gasteiger charge is -2.03. The second-order valence-corrected chi connectivity index (χ2v) is 5.75. The summed E-state index contributed by atoms with van der Waals surface area (Å²) in [4.78, 5) is 3.18. The average molecular weight is 432 g/mol. The number of hydrogen-bond donors (Lipinski definition) is 2. The van der Waals surface area contributed by atoms with Crippen LogP contribution in [0.5, 0.6) is 0 Å². The molecule has 1 heterocycles. The smallest absolute Gasteiger partial charge is 0.161 e. The lowest BCUT2D eigenvalue weighted by molar-refractivity contribution is -0.450. The summed E-state index contributed by atoms with van der Waals surface area (Å²) in [7, 11) is 0. The van der Waals surface area contributed by atoms with Crippen LogP contribution in [0.2, 0.25) is 0 Å². The Morgan fingerprint density at radius 1 is 1.30 bits per heavy atom. The van der Waals surface area contributed by atoms with E-state index in [-0.39, 0.29) is 0 Å². The van der Waals surface area contributed by atoms with Crippen LogP contribution in [0.15, 0.2) is 65.0 Å². The molecule has 144 valence electrons. The highest BCUT2D eigenvalue weighted by Gasteiger charge is 2.07. The number of nitrogens with one attached hydrogen (secondary N) is 1. The summed E-state index contributed by atoms with van der Waals surface area (Å²) in [6, 6.07) is 7.80. The van der Waals surface area contributed by atoms with E-state index in [9.17, 15) is 0 Å². The third kappa shape index (κ3) is 8.13. The number of aryl methyl sites for hydroxylation is 1. The Morgan fingerprint density at radius 2 is 2.00 bits per heavy atom. The molecule has 1 aromatic carbocycles. The van der Waals surface area contributed by atoms with Gasteiger partial charge in [-0.15, -0.1) is 5.11 Å². The molecule has 27 heavy (non-hydrogen) atoms. The number of halogens is 1. The summed E-state index contributed by atoms with van der Waals surface area (Å²) in [6.07, 6.45) is 8.46. The minimum Gasteiger partial charge on any atom is -0.382 e. The molecule has 0 atom stereocenters. The number of allylic oxidation sites excluding steroid dienone is 3. The molecule has 0 amide bonds. The number of nitrogens with two attached hydrogens (primary N) is 1. The predicted molar refractivity (Wildman–Crippen MR) is 117 cm³/mol. The average Bonchev–Trinajstić information content (AvgIpc) is 3.02. The van der Waals surface area contributed by atoms with Gasteiger partial charge in [0.05, 0.1) is 18.4 Å². The fraction of sp³-hybridized carbons (Fsp3) is 0.300. The summed E-state index contributed by atoms with van der Waals surface area (Å²) >= 11 is 2.94. The first-order valence-corrected chi connectivity index (χ1v) is 10.3. The Kier molecular flexibility index (Phi) is 10.6. The molecule has 2 aromatic rings. The lowest BCUT2D eigenvalue weighted by Crippen LogP contribution is -2.68. The van der Waals surface area contributed by atoms with Gasteiger partial charge in [0.1, 0.15) is 18.1 Å². The van der Waals surface area contributed by atoms with Gasteiger partial charge < -0.3 is 5.73 Å². The van der Waals surface area contributed by atoms with E-state index in [0.29, 0.717) is 18.1 Å². The summed E-state index contributed by atoms with van der Waals surface area (Å²) < 4.78 is 1.66. The molecule has 0 spiro atoms. The molecule has 6 nitrogen and oxygen atoms in total. The van der Waals surface area contributed by atoms with Gasteiger partial charge in [0.25, 0.3) is 0 Å². The van der Waals surface area contributed by atoms with E-state index in [1.165, 1.54) is 5.56 Å². The number of alkyl halides is 1. The predicted octanol–water partition coefficient (Wildman–Crippen LogP) is 3.87. The minimum atomic E-state index is 0.471. The molecule has 0 aliphatic rings. The zero-order chi connectivity index (χ0) is 20.1. The van der Waals surface area contributed by atoms with Crippen molar-refractivity contribution in [2.45, 2.75) is 26.8 Å². The number of hydrogen-bond acceptors (Lipinski definition) is 4. The molecule has 1 aromatic heterocycles. The van der Waals surface area contributed by atoms with Crippen LogP contribution < -0.4 is 10.7 Å². The standard InChI is InChI=1S/C19H24N6.CH3Br/c1-4-11-21-12-5-6-16(3)14-25-19(20)18(13-22-25)24-23-17-9-7-15(2)8-10-17;1-2/h5-10,12-13H,3-4,11,14,20H2,1-2H3;1H3/p+1/b6-5-,21-12?,24-23?;. The van der Waals surface area contributed by atoms with Gasteiger partial charge in [0.2, 0.25) is 0 Å². The van der Waals surface area contributed by atoms with Gasteiger partial charge in [-0.25, -0.2) is 9.67 Å². The van der Waals surface area contributed by atoms with Gasteiger partial charge >= 0.3 is 0 Å². The molecule has 0 fully saturated rings. The van der Waals surface area contributed by atoms with E-state index >= 15 is 0 Å². The molecule has 3 N–H and O–H groups in total. The Balaban J connectivity index is 0.00000176. The minimum absolute atomic E-state index is 0.471. The van der Waals surface area contributed by atoms with Gasteiger partial charge in [0, 0.05) is 12.5 Å². The third-order valence-electron chi connectivity index (χ3n) is 3.46. The number of aromatic nitrogens is 2. The second-order valence-electron chi connectivity index (χ2n) is 5.75. The molecule has 0 aliphatic heterocycles. The zero-order valence-electron chi connectivity index (χ0n) is 16.2. The van der Waals surface area contributed by atoms with E-state index in [0.717, 1.165) is 24.2 Å². The van der Waals surface area contributed by atoms with E-state index in [1.807, 2.05) is 55.4 Å². The van der Waals surface area contributed by atoms with Crippen LogP contribution in [0, 0.1) is 6.92 Å². The van der Waals surface area contributed by atoms with Crippen LogP contribution >= 0.6 is 15.9 Å². The first-order valence-electron chi connectivity index (χ1n) is 8.68. The molecule has 2 rings (SSSR count). The van der Waals surface area contributed by atoms with Crippen LogP contribution in [0.25, 0.3) is 0 Å². The van der Waals surface area contributed by atoms with Crippen molar-refractivity contribution in [2.75, 3.05) is 18.1 Å². The lowest BCUT2D eigenvalue weighted by atomic mass is 10.2. The largest absolute Gasteiger partial charge is 0.382 e. The summed E-state index contributed by atoms with van der Waals surface area (Å²) in [6.45, 7) is 9.63. The van der Waals surface area contributed by atoms with Crippen LogP contribution in [0.3, 0.4) is 0 Å². The van der Waals surface area contributed by atoms with Gasteiger partial charge in [-0.1, -0.05) is 53.2 Å². The van der Waals surface area contributed by atoms with Gasteiger partial charge in [-0.2, -0.15) is 10.2 Å². The molecular weight excluding hydrogens is 404 g/mol. The molecule has 0 saturated heterocycles. The van der Waals surface area contributed by atoms with Crippen LogP contribution in [-0.4, -0.2) is 28.4 Å². The van der Waals surface area contributed by atoms with Crippen molar-refractivity contribution < 1.29 is 4.99 Å². The maximum absolute atomic E-state index is 6.10. The fourth-order valence-corrected chi connectivity index (χ4v) is 2.04. The van der Waals surface area contributed by atoms with Crippen LogP contribution in [-0.2, 0) is 6.54 Å². The normalized spacial score (nSPS) is 11.3. The molecule has 0 aliphatic carbocycles. The molecule has 0 unspecified atom stereocenters. The fourth-order valence-electron chi connectivity index (χ4n) is 2.04. The highest BCUT2D eigenvalue weighted by atomic mass is 79.9.